The molecule has 0 saturated carbocycles. The largest absolute Gasteiger partial charge is 0.491 e. The van der Waals surface area contributed by atoms with E-state index in [1.54, 1.807) is 7.11 Å². The zero-order valence-electron chi connectivity index (χ0n) is 14.2. The highest BCUT2D eigenvalue weighted by Crippen LogP contribution is 2.19. The van der Waals surface area contributed by atoms with Gasteiger partial charge in [0.25, 0.3) is 5.91 Å². The van der Waals surface area contributed by atoms with Crippen molar-refractivity contribution < 1.29 is 14.3 Å². The second kappa shape index (κ2) is 9.53. The summed E-state index contributed by atoms with van der Waals surface area (Å²) in [6.07, 6.45) is 3.02. The number of piperidine rings is 1. The number of nitrogens with zero attached hydrogens (tertiary/aromatic N) is 1. The fraction of sp³-hybridized carbons (Fsp3) is 0.611. The van der Waals surface area contributed by atoms with Gasteiger partial charge in [-0.05, 0) is 50.6 Å². The molecule has 5 nitrogen and oxygen atoms in total. The molecule has 2 rings (SSSR count). The maximum atomic E-state index is 12.9. The van der Waals surface area contributed by atoms with Crippen molar-refractivity contribution in [3.63, 3.8) is 0 Å². The van der Waals surface area contributed by atoms with Gasteiger partial charge in [0, 0.05) is 25.3 Å². The monoisotopic (exact) mass is 320 g/mol. The van der Waals surface area contributed by atoms with Crippen LogP contribution in [0.25, 0.3) is 0 Å². The number of ether oxygens (including phenoxy) is 2. The maximum Gasteiger partial charge on any atom is 0.254 e. The summed E-state index contributed by atoms with van der Waals surface area (Å²) >= 11 is 0. The third-order valence-electron chi connectivity index (χ3n) is 4.11. The van der Waals surface area contributed by atoms with Crippen molar-refractivity contribution in [3.8, 4) is 5.75 Å². The molecule has 1 aromatic carbocycles. The topological polar surface area (TPSA) is 50.8 Å². The standard InChI is InChI=1S/C18H28N2O3/c1-3-11-20(16-7-9-19-10-8-16)18(21)15-5-4-6-17(14-15)23-13-12-22-2/h4-6,14,16,19H,3,7-13H2,1-2H3. The quantitative estimate of drug-likeness (QED) is 0.747. The number of carbonyl (C=O) groups is 1. The summed E-state index contributed by atoms with van der Waals surface area (Å²) in [6, 6.07) is 7.79. The molecule has 1 aromatic rings. The molecule has 5 heteroatoms. The molecule has 1 N–H and O–H groups in total. The molecule has 1 fully saturated rings. The van der Waals surface area contributed by atoms with Gasteiger partial charge in [0.1, 0.15) is 12.4 Å². The van der Waals surface area contributed by atoms with Gasteiger partial charge in [0.15, 0.2) is 0 Å². The summed E-state index contributed by atoms with van der Waals surface area (Å²) in [7, 11) is 1.64. The van der Waals surface area contributed by atoms with Crippen LogP contribution in [0.1, 0.15) is 36.5 Å². The van der Waals surface area contributed by atoms with Gasteiger partial charge in [-0.3, -0.25) is 4.79 Å². The summed E-state index contributed by atoms with van der Waals surface area (Å²) in [5, 5.41) is 3.36. The smallest absolute Gasteiger partial charge is 0.254 e. The van der Waals surface area contributed by atoms with Gasteiger partial charge < -0.3 is 19.7 Å². The Balaban J connectivity index is 2.07. The predicted molar refractivity (Wildman–Crippen MR) is 91.0 cm³/mol. The van der Waals surface area contributed by atoms with Crippen LogP contribution < -0.4 is 10.1 Å². The van der Waals surface area contributed by atoms with Gasteiger partial charge in [-0.25, -0.2) is 0 Å². The first kappa shape index (κ1) is 17.8. The predicted octanol–water partition coefficient (Wildman–Crippen LogP) is 2.32. The van der Waals surface area contributed by atoms with Crippen molar-refractivity contribution in [3.05, 3.63) is 29.8 Å². The van der Waals surface area contributed by atoms with E-state index in [0.717, 1.165) is 44.6 Å². The molecule has 0 unspecified atom stereocenters. The fourth-order valence-corrected chi connectivity index (χ4v) is 2.94. The lowest BCUT2D eigenvalue weighted by atomic mass is 10.0. The van der Waals surface area contributed by atoms with Crippen LogP contribution in [-0.4, -0.2) is 56.8 Å². The molecule has 0 aromatic heterocycles. The number of hydrogen-bond acceptors (Lipinski definition) is 4. The lowest BCUT2D eigenvalue weighted by Gasteiger charge is -2.34. The highest BCUT2D eigenvalue weighted by molar-refractivity contribution is 5.94. The number of hydrogen-bond donors (Lipinski definition) is 1. The molecule has 1 aliphatic rings. The van der Waals surface area contributed by atoms with Crippen molar-refractivity contribution in [1.82, 2.24) is 10.2 Å². The molecule has 1 aliphatic heterocycles. The molecule has 1 saturated heterocycles. The Morgan fingerprint density at radius 3 is 2.78 bits per heavy atom. The van der Waals surface area contributed by atoms with Crippen molar-refractivity contribution in [2.75, 3.05) is 40.0 Å². The van der Waals surface area contributed by atoms with Crippen LogP contribution in [0.3, 0.4) is 0 Å². The van der Waals surface area contributed by atoms with E-state index in [9.17, 15) is 4.79 Å². The third-order valence-corrected chi connectivity index (χ3v) is 4.11. The second-order valence-electron chi connectivity index (χ2n) is 5.85. The van der Waals surface area contributed by atoms with Crippen molar-refractivity contribution >= 4 is 5.91 Å². The minimum Gasteiger partial charge on any atom is -0.491 e. The third kappa shape index (κ3) is 5.22. The summed E-state index contributed by atoms with van der Waals surface area (Å²) < 4.78 is 10.6. The van der Waals surface area contributed by atoms with Gasteiger partial charge in [-0.1, -0.05) is 13.0 Å². The van der Waals surface area contributed by atoms with Gasteiger partial charge in [-0.2, -0.15) is 0 Å². The second-order valence-corrected chi connectivity index (χ2v) is 5.85. The fourth-order valence-electron chi connectivity index (χ4n) is 2.94. The molecule has 1 amide bonds. The molecule has 0 bridgehead atoms. The Hall–Kier alpha value is -1.59. The van der Waals surface area contributed by atoms with Crippen LogP contribution in [0.2, 0.25) is 0 Å². The van der Waals surface area contributed by atoms with E-state index in [2.05, 4.69) is 12.2 Å². The zero-order chi connectivity index (χ0) is 16.5. The van der Waals surface area contributed by atoms with Crippen LogP contribution in [0.5, 0.6) is 5.75 Å². The van der Waals surface area contributed by atoms with Crippen LogP contribution in [0.15, 0.2) is 24.3 Å². The van der Waals surface area contributed by atoms with Crippen molar-refractivity contribution in [2.24, 2.45) is 0 Å². The van der Waals surface area contributed by atoms with E-state index < -0.39 is 0 Å². The Morgan fingerprint density at radius 2 is 2.09 bits per heavy atom. The molecular weight excluding hydrogens is 292 g/mol. The number of carbonyl (C=O) groups excluding carboxylic acids is 1. The van der Waals surface area contributed by atoms with Gasteiger partial charge in [0.05, 0.1) is 6.61 Å². The van der Waals surface area contributed by atoms with E-state index in [0.29, 0.717) is 24.8 Å². The van der Waals surface area contributed by atoms with Gasteiger partial charge in [-0.15, -0.1) is 0 Å². The average Bonchev–Trinajstić information content (AvgIpc) is 2.60. The van der Waals surface area contributed by atoms with Gasteiger partial charge >= 0.3 is 0 Å². The molecule has 0 atom stereocenters. The zero-order valence-corrected chi connectivity index (χ0v) is 14.2. The van der Waals surface area contributed by atoms with Crippen LogP contribution in [0, 0.1) is 0 Å². The van der Waals surface area contributed by atoms with Gasteiger partial charge in [0.2, 0.25) is 0 Å². The Bertz CT molecular complexity index is 487. The average molecular weight is 320 g/mol. The van der Waals surface area contributed by atoms with E-state index in [-0.39, 0.29) is 5.91 Å². The van der Waals surface area contributed by atoms with Crippen LogP contribution in [0.4, 0.5) is 0 Å². The van der Waals surface area contributed by atoms with E-state index in [1.807, 2.05) is 29.2 Å². The maximum absolute atomic E-state index is 12.9. The number of rotatable bonds is 8. The first-order chi connectivity index (χ1) is 11.3. The summed E-state index contributed by atoms with van der Waals surface area (Å²) in [4.78, 5) is 15.0. The first-order valence-corrected chi connectivity index (χ1v) is 8.49. The molecule has 0 spiro atoms. The minimum atomic E-state index is 0.107. The molecule has 0 radical (unpaired) electrons. The van der Waals surface area contributed by atoms with Crippen LogP contribution in [-0.2, 0) is 4.74 Å². The highest BCUT2D eigenvalue weighted by Gasteiger charge is 2.25. The normalized spacial score (nSPS) is 15.4. The summed E-state index contributed by atoms with van der Waals surface area (Å²) in [5.74, 6) is 0.825. The van der Waals surface area contributed by atoms with Crippen molar-refractivity contribution in [1.29, 1.82) is 0 Å². The van der Waals surface area contributed by atoms with Crippen LogP contribution >= 0.6 is 0 Å². The van der Waals surface area contributed by atoms with E-state index in [1.165, 1.54) is 0 Å². The minimum absolute atomic E-state index is 0.107. The number of methoxy groups -OCH3 is 1. The van der Waals surface area contributed by atoms with E-state index in [4.69, 9.17) is 9.47 Å². The lowest BCUT2D eigenvalue weighted by molar-refractivity contribution is 0.0642. The number of amides is 1. The number of benzene rings is 1. The highest BCUT2D eigenvalue weighted by atomic mass is 16.5. The molecule has 23 heavy (non-hydrogen) atoms. The Morgan fingerprint density at radius 1 is 1.30 bits per heavy atom. The number of nitrogens with one attached hydrogen (secondary N) is 1. The lowest BCUT2D eigenvalue weighted by Crippen LogP contribution is -2.46. The molecular formula is C18H28N2O3. The SMILES string of the molecule is CCCN(C(=O)c1cccc(OCCOC)c1)C1CCNCC1. The Labute approximate surface area is 139 Å². The van der Waals surface area contributed by atoms with Crippen molar-refractivity contribution in [2.45, 2.75) is 32.2 Å². The Kier molecular flexibility index (Phi) is 7.36. The summed E-state index contributed by atoms with van der Waals surface area (Å²) in [6.45, 7) is 5.91. The van der Waals surface area contributed by atoms with E-state index >= 15 is 0 Å². The molecule has 0 aliphatic carbocycles. The first-order valence-electron chi connectivity index (χ1n) is 8.49. The molecule has 1 heterocycles. The summed E-state index contributed by atoms with van der Waals surface area (Å²) in [5.41, 5.74) is 0.701. The molecule has 128 valence electrons.